The fraction of sp³-hybridized carbons (Fsp3) is 0.226. The van der Waals surface area contributed by atoms with Crippen molar-refractivity contribution in [2.24, 2.45) is 4.99 Å². The number of carboxylic acids is 2. The van der Waals surface area contributed by atoms with Gasteiger partial charge in [0.2, 0.25) is 0 Å². The molecule has 240 valence electrons. The number of aliphatic carboxylic acids is 2. The quantitative estimate of drug-likeness (QED) is 0.0839. The van der Waals surface area contributed by atoms with Gasteiger partial charge in [0.05, 0.1) is 25.3 Å². The van der Waals surface area contributed by atoms with Crippen LogP contribution in [0.25, 0.3) is 0 Å². The van der Waals surface area contributed by atoms with E-state index in [0.717, 1.165) is 11.1 Å². The van der Waals surface area contributed by atoms with Gasteiger partial charge in [0.1, 0.15) is 5.57 Å². The smallest absolute Gasteiger partial charge is 0.870 e. The van der Waals surface area contributed by atoms with E-state index in [-0.39, 0.29) is 177 Å². The molecular formula is C31H29N3Na4O11-2. The Morgan fingerprint density at radius 2 is 1.39 bits per heavy atom. The van der Waals surface area contributed by atoms with Gasteiger partial charge in [0.25, 0.3) is 0 Å². The van der Waals surface area contributed by atoms with Crippen LogP contribution in [-0.2, 0) is 54.4 Å². The SMILES string of the molecule is CCOC(=O)C1=CN=C(Cc2ccc(CC(=O)O)cc2)CC1=O.O=[C-]c1[c-]nc(Cc2ccc(CC(=O)[O-])cc2)nc1.[Na+].[Na+].[Na+].[Na+].[OH-].[OH-].[OH-]. The number of hydrogen-bond donors (Lipinski definition) is 1. The number of rotatable bonds is 11. The number of aromatic nitrogens is 2. The van der Waals surface area contributed by atoms with Gasteiger partial charge in [0, 0.05) is 37.1 Å². The van der Waals surface area contributed by atoms with E-state index in [4.69, 9.17) is 9.84 Å². The van der Waals surface area contributed by atoms with Gasteiger partial charge in [-0.1, -0.05) is 48.5 Å². The third-order valence-electron chi connectivity index (χ3n) is 5.81. The van der Waals surface area contributed by atoms with E-state index in [1.807, 2.05) is 12.1 Å². The molecule has 1 aliphatic rings. The summed E-state index contributed by atoms with van der Waals surface area (Å²) in [4.78, 5) is 67.0. The summed E-state index contributed by atoms with van der Waals surface area (Å²) >= 11 is 0. The summed E-state index contributed by atoms with van der Waals surface area (Å²) < 4.78 is 4.80. The number of aliphatic imine (C=N–C) groups is 1. The van der Waals surface area contributed by atoms with Crippen LogP contribution in [0.4, 0.5) is 0 Å². The van der Waals surface area contributed by atoms with Gasteiger partial charge in [0.15, 0.2) is 5.78 Å². The van der Waals surface area contributed by atoms with Crippen LogP contribution in [0, 0.1) is 6.20 Å². The monoisotopic (exact) mass is 711 g/mol. The first-order chi connectivity index (χ1) is 20.2. The van der Waals surface area contributed by atoms with Crippen LogP contribution in [0.2, 0.25) is 0 Å². The molecule has 0 saturated carbocycles. The molecular weight excluding hydrogens is 682 g/mol. The molecule has 0 amide bonds. The predicted molar refractivity (Wildman–Crippen MR) is 153 cm³/mol. The van der Waals surface area contributed by atoms with Crippen LogP contribution < -0.4 is 123 Å². The molecule has 0 unspecified atom stereocenters. The van der Waals surface area contributed by atoms with Crippen LogP contribution in [-0.4, -0.2) is 73.8 Å². The maximum atomic E-state index is 12.0. The first-order valence-corrected chi connectivity index (χ1v) is 12.8. The fourth-order valence-corrected chi connectivity index (χ4v) is 3.80. The summed E-state index contributed by atoms with van der Waals surface area (Å²) in [6.07, 6.45) is 7.72. The van der Waals surface area contributed by atoms with E-state index >= 15 is 0 Å². The molecule has 0 radical (unpaired) electrons. The zero-order valence-corrected chi connectivity index (χ0v) is 36.0. The number of carbonyl (C=O) groups is 4. The van der Waals surface area contributed by atoms with E-state index in [2.05, 4.69) is 21.2 Å². The molecule has 1 aliphatic heterocycles. The first kappa shape index (κ1) is 56.9. The predicted octanol–water partition coefficient (Wildman–Crippen LogP) is -11.2. The Morgan fingerprint density at radius 3 is 1.82 bits per heavy atom. The largest absolute Gasteiger partial charge is 1.00 e. The summed E-state index contributed by atoms with van der Waals surface area (Å²) in [5, 5.41) is 19.2. The van der Waals surface area contributed by atoms with Crippen molar-refractivity contribution in [2.45, 2.75) is 39.0 Å². The Hall–Kier alpha value is -1.44. The molecule has 4 rings (SSSR count). The third kappa shape index (κ3) is 20.9. The average Bonchev–Trinajstić information content (AvgIpc) is 2.95. The topological polar surface area (TPSA) is 266 Å². The minimum Gasteiger partial charge on any atom is -0.870 e. The van der Waals surface area contributed by atoms with E-state index in [9.17, 15) is 29.1 Å². The van der Waals surface area contributed by atoms with Crippen molar-refractivity contribution >= 4 is 35.7 Å². The maximum Gasteiger partial charge on any atom is 1.00 e. The molecule has 3 aromatic rings. The zero-order chi connectivity index (χ0) is 30.5. The minimum atomic E-state index is -1.11. The van der Waals surface area contributed by atoms with Crippen molar-refractivity contribution in [1.29, 1.82) is 0 Å². The van der Waals surface area contributed by atoms with Crippen LogP contribution in [0.1, 0.15) is 47.0 Å². The molecule has 0 spiro atoms. The van der Waals surface area contributed by atoms with Crippen LogP contribution in [0.15, 0.2) is 71.5 Å². The van der Waals surface area contributed by atoms with Crippen LogP contribution in [0.3, 0.4) is 0 Å². The normalized spacial score (nSPS) is 10.5. The summed E-state index contributed by atoms with van der Waals surface area (Å²) in [6.45, 7) is 1.89. The first-order valence-electron chi connectivity index (χ1n) is 12.8. The second-order valence-corrected chi connectivity index (χ2v) is 9.08. The number of Topliss-reactive ketones (excluding diaryl/α,β-unsaturated/α-hetero) is 1. The number of benzene rings is 2. The van der Waals surface area contributed by atoms with E-state index in [1.165, 1.54) is 12.4 Å². The van der Waals surface area contributed by atoms with Crippen molar-refractivity contribution in [2.75, 3.05) is 6.61 Å². The maximum absolute atomic E-state index is 12.0. The molecule has 49 heavy (non-hydrogen) atoms. The second kappa shape index (κ2) is 30.2. The number of ketones is 1. The molecule has 14 nitrogen and oxygen atoms in total. The van der Waals surface area contributed by atoms with Gasteiger partial charge < -0.3 is 56.5 Å². The summed E-state index contributed by atoms with van der Waals surface area (Å²) in [5.74, 6) is -2.39. The molecule has 18 heteroatoms. The summed E-state index contributed by atoms with van der Waals surface area (Å²) in [7, 11) is 0. The van der Waals surface area contributed by atoms with Crippen molar-refractivity contribution in [3.8, 4) is 0 Å². The fourth-order valence-electron chi connectivity index (χ4n) is 3.80. The van der Waals surface area contributed by atoms with Crippen molar-refractivity contribution in [3.63, 3.8) is 0 Å². The zero-order valence-electron chi connectivity index (χ0n) is 28.0. The molecule has 4 N–H and O–H groups in total. The van der Waals surface area contributed by atoms with Gasteiger partial charge in [-0.05, 0) is 29.2 Å². The number of nitrogens with zero attached hydrogens (tertiary/aromatic N) is 3. The number of esters is 1. The van der Waals surface area contributed by atoms with Crippen LogP contribution in [0.5, 0.6) is 0 Å². The van der Waals surface area contributed by atoms with Crippen molar-refractivity contribution in [1.82, 2.24) is 9.97 Å². The molecule has 0 aliphatic carbocycles. The molecule has 1 aromatic heterocycles. The van der Waals surface area contributed by atoms with Gasteiger partial charge in [-0.3, -0.25) is 14.6 Å². The minimum absolute atomic E-state index is 0. The number of ether oxygens (including phenoxy) is 1. The Morgan fingerprint density at radius 1 is 0.878 bits per heavy atom. The second-order valence-electron chi connectivity index (χ2n) is 9.08. The average molecular weight is 712 g/mol. The molecule has 0 atom stereocenters. The third-order valence-corrected chi connectivity index (χ3v) is 5.81. The van der Waals surface area contributed by atoms with Gasteiger partial charge in [-0.25, -0.2) is 11.0 Å². The molecule has 2 heterocycles. The van der Waals surface area contributed by atoms with Crippen molar-refractivity contribution < 1.29 is 174 Å². The van der Waals surface area contributed by atoms with Gasteiger partial charge >= 0.3 is 130 Å². The summed E-state index contributed by atoms with van der Waals surface area (Å²) in [5.41, 5.74) is 4.10. The number of hydrogen-bond acceptors (Lipinski definition) is 13. The van der Waals surface area contributed by atoms with Crippen molar-refractivity contribution in [3.05, 3.63) is 106 Å². The molecule has 0 saturated heterocycles. The number of carbonyl (C=O) groups excluding carboxylic acids is 4. The van der Waals surface area contributed by atoms with Gasteiger partial charge in [-0.15, -0.1) is 6.29 Å². The van der Waals surface area contributed by atoms with Crippen LogP contribution >= 0.6 is 0 Å². The Balaban J connectivity index is -0.000000233. The van der Waals surface area contributed by atoms with Gasteiger partial charge in [-0.2, -0.15) is 6.20 Å². The molecule has 0 bridgehead atoms. The Bertz CT molecular complexity index is 1520. The standard InChI is InChI=1S/C17H17NO5.C14H10N2O3.4Na.3H2O/c1-2-23-17(22)14-10-18-13(9-15(14)19)7-11-3-5-12(6-4-11)8-16(20)21;17-9-12-7-15-13(16-8-12)5-10-1-3-11(4-2-10)6-14(18)19;;;;;;;/h3-6,10H,2,7-9H2,1H3,(H,20,21);1-4,7H,5-6H2,(H,18,19);;;;;3*1H2/q;-2;4*+1;;;/p-4. The van der Waals surface area contributed by atoms with E-state index < -0.39 is 17.9 Å². The Kier molecular flexibility index (Phi) is 35.1. The summed E-state index contributed by atoms with van der Waals surface area (Å²) in [6, 6.07) is 14.2. The Labute approximate surface area is 371 Å². The number of carboxylic acid groups (broad SMARTS) is 2. The molecule has 0 fully saturated rings. The van der Waals surface area contributed by atoms with E-state index in [1.54, 1.807) is 49.6 Å². The van der Waals surface area contributed by atoms with E-state index in [0.29, 0.717) is 35.5 Å². The molecule has 2 aromatic carbocycles.